The van der Waals surface area contributed by atoms with E-state index in [4.69, 9.17) is 9.47 Å². The number of carbonyl (C=O) groups is 3. The van der Waals surface area contributed by atoms with Gasteiger partial charge in [0.15, 0.2) is 9.84 Å². The van der Waals surface area contributed by atoms with Crippen LogP contribution in [0.3, 0.4) is 0 Å². The molecule has 2 amide bonds. The van der Waals surface area contributed by atoms with Gasteiger partial charge >= 0.3 is 18.0 Å². The number of nitrogens with one attached hydrogen (secondary N) is 1. The van der Waals surface area contributed by atoms with E-state index in [1.807, 2.05) is 0 Å². The SMILES string of the molecule is COC(=O)c1cc(NC(=O)N2CCCN(Cc3ccc(S(C)(=O)=O)cc3)CC2)cc(C(=O)OC)c1. The third-order valence-electron chi connectivity index (χ3n) is 5.66. The Bertz CT molecular complexity index is 1160. The van der Waals surface area contributed by atoms with Gasteiger partial charge < -0.3 is 19.7 Å². The zero-order chi connectivity index (χ0) is 25.6. The van der Waals surface area contributed by atoms with Gasteiger partial charge in [-0.25, -0.2) is 22.8 Å². The molecule has 0 spiro atoms. The second-order valence-corrected chi connectivity index (χ2v) is 10.3. The highest BCUT2D eigenvalue weighted by atomic mass is 32.2. The number of rotatable bonds is 6. The molecule has 1 N–H and O–H groups in total. The van der Waals surface area contributed by atoms with Crippen LogP contribution in [0, 0.1) is 0 Å². The summed E-state index contributed by atoms with van der Waals surface area (Å²) in [7, 11) is -0.774. The minimum absolute atomic E-state index is 0.120. The summed E-state index contributed by atoms with van der Waals surface area (Å²) in [6, 6.07) is 10.7. The summed E-state index contributed by atoms with van der Waals surface area (Å²) in [5.41, 5.74) is 1.51. The highest BCUT2D eigenvalue weighted by Crippen LogP contribution is 2.19. The van der Waals surface area contributed by atoms with Crippen LogP contribution in [-0.2, 0) is 25.9 Å². The molecule has 0 atom stereocenters. The van der Waals surface area contributed by atoms with Crippen LogP contribution in [0.1, 0.15) is 32.7 Å². The van der Waals surface area contributed by atoms with E-state index in [9.17, 15) is 22.8 Å². The second kappa shape index (κ2) is 11.3. The van der Waals surface area contributed by atoms with Gasteiger partial charge in [-0.15, -0.1) is 0 Å². The Kier molecular flexibility index (Phi) is 8.47. The van der Waals surface area contributed by atoms with E-state index in [2.05, 4.69) is 10.2 Å². The largest absolute Gasteiger partial charge is 0.465 e. The number of carbonyl (C=O) groups excluding carboxylic acids is 3. The van der Waals surface area contributed by atoms with Crippen LogP contribution in [-0.4, -0.2) is 82.8 Å². The molecule has 11 heteroatoms. The smallest absolute Gasteiger partial charge is 0.337 e. The predicted molar refractivity (Wildman–Crippen MR) is 129 cm³/mol. The lowest BCUT2D eigenvalue weighted by atomic mass is 10.1. The Morgan fingerprint density at radius 1 is 0.886 bits per heavy atom. The van der Waals surface area contributed by atoms with E-state index in [1.54, 1.807) is 29.2 Å². The number of methoxy groups -OCH3 is 2. The summed E-state index contributed by atoms with van der Waals surface area (Å²) in [5.74, 6) is -1.28. The minimum Gasteiger partial charge on any atom is -0.465 e. The molecule has 188 valence electrons. The van der Waals surface area contributed by atoms with Gasteiger partial charge in [0.25, 0.3) is 0 Å². The molecule has 1 aliphatic rings. The van der Waals surface area contributed by atoms with Gasteiger partial charge in [0.05, 0.1) is 30.2 Å². The maximum absolute atomic E-state index is 12.9. The van der Waals surface area contributed by atoms with E-state index < -0.39 is 21.8 Å². The second-order valence-electron chi connectivity index (χ2n) is 8.25. The normalized spacial score (nSPS) is 14.7. The number of ether oxygens (including phenoxy) is 2. The zero-order valence-electron chi connectivity index (χ0n) is 19.9. The number of hydrogen-bond donors (Lipinski definition) is 1. The van der Waals surface area contributed by atoms with Crippen LogP contribution in [0.25, 0.3) is 0 Å². The molecule has 35 heavy (non-hydrogen) atoms. The first-order valence-corrected chi connectivity index (χ1v) is 12.9. The van der Waals surface area contributed by atoms with Crippen molar-refractivity contribution in [2.24, 2.45) is 0 Å². The summed E-state index contributed by atoms with van der Waals surface area (Å²) in [6.07, 6.45) is 1.93. The number of urea groups is 1. The topological polar surface area (TPSA) is 122 Å². The number of hydrogen-bond acceptors (Lipinski definition) is 8. The van der Waals surface area contributed by atoms with Gasteiger partial charge in [0.1, 0.15) is 0 Å². The van der Waals surface area contributed by atoms with E-state index >= 15 is 0 Å². The van der Waals surface area contributed by atoms with E-state index in [1.165, 1.54) is 38.7 Å². The summed E-state index contributed by atoms with van der Waals surface area (Å²) in [4.78, 5) is 41.1. The number of nitrogens with zero attached hydrogens (tertiary/aromatic N) is 2. The summed E-state index contributed by atoms with van der Waals surface area (Å²) in [6.45, 7) is 3.08. The number of sulfone groups is 1. The van der Waals surface area contributed by atoms with E-state index in [0.29, 0.717) is 26.2 Å². The van der Waals surface area contributed by atoms with Gasteiger partial charge in [-0.3, -0.25) is 4.90 Å². The molecular weight excluding hydrogens is 474 g/mol. The Balaban J connectivity index is 1.64. The molecule has 0 aliphatic carbocycles. The van der Waals surface area contributed by atoms with Gasteiger partial charge in [0, 0.05) is 44.7 Å². The minimum atomic E-state index is -3.24. The number of benzene rings is 2. The van der Waals surface area contributed by atoms with Crippen molar-refractivity contribution in [3.8, 4) is 0 Å². The average Bonchev–Trinajstić information content (AvgIpc) is 3.08. The first-order valence-electron chi connectivity index (χ1n) is 11.0. The molecule has 1 fully saturated rings. The van der Waals surface area contributed by atoms with Crippen molar-refractivity contribution in [2.45, 2.75) is 17.9 Å². The van der Waals surface area contributed by atoms with Gasteiger partial charge in [-0.2, -0.15) is 0 Å². The van der Waals surface area contributed by atoms with Crippen LogP contribution in [0.4, 0.5) is 10.5 Å². The monoisotopic (exact) mass is 503 g/mol. The Morgan fingerprint density at radius 3 is 2.03 bits per heavy atom. The third-order valence-corrected chi connectivity index (χ3v) is 6.79. The molecule has 0 radical (unpaired) electrons. The molecule has 0 aromatic heterocycles. The van der Waals surface area contributed by atoms with Crippen molar-refractivity contribution in [2.75, 3.05) is 52.0 Å². The summed E-state index contributed by atoms with van der Waals surface area (Å²) >= 11 is 0. The van der Waals surface area contributed by atoms with E-state index in [-0.39, 0.29) is 27.7 Å². The first-order chi connectivity index (χ1) is 16.6. The lowest BCUT2D eigenvalue weighted by molar-refractivity contribution is 0.0599. The lowest BCUT2D eigenvalue weighted by Crippen LogP contribution is -2.38. The van der Waals surface area contributed by atoms with Crippen molar-refractivity contribution in [1.29, 1.82) is 0 Å². The van der Waals surface area contributed by atoms with Crippen LogP contribution < -0.4 is 5.32 Å². The van der Waals surface area contributed by atoms with Gasteiger partial charge in [-0.05, 0) is 42.3 Å². The molecule has 2 aromatic carbocycles. The Morgan fingerprint density at radius 2 is 1.49 bits per heavy atom. The highest BCUT2D eigenvalue weighted by Gasteiger charge is 2.21. The van der Waals surface area contributed by atoms with Crippen LogP contribution >= 0.6 is 0 Å². The molecule has 3 rings (SSSR count). The van der Waals surface area contributed by atoms with Crippen molar-refractivity contribution < 1.29 is 32.3 Å². The average molecular weight is 504 g/mol. The maximum atomic E-state index is 12.9. The molecule has 1 saturated heterocycles. The zero-order valence-corrected chi connectivity index (χ0v) is 20.8. The van der Waals surface area contributed by atoms with Crippen LogP contribution in [0.2, 0.25) is 0 Å². The van der Waals surface area contributed by atoms with Crippen molar-refractivity contribution in [1.82, 2.24) is 9.80 Å². The van der Waals surface area contributed by atoms with Crippen molar-refractivity contribution >= 4 is 33.5 Å². The molecule has 10 nitrogen and oxygen atoms in total. The molecular formula is C24H29N3O7S. The van der Waals surface area contributed by atoms with Crippen molar-refractivity contribution in [3.63, 3.8) is 0 Å². The molecule has 1 heterocycles. The fourth-order valence-corrected chi connectivity index (χ4v) is 4.44. The molecule has 2 aromatic rings. The fraction of sp³-hybridized carbons (Fsp3) is 0.375. The highest BCUT2D eigenvalue weighted by molar-refractivity contribution is 7.90. The number of amides is 2. The number of esters is 2. The summed E-state index contributed by atoms with van der Waals surface area (Å²) in [5, 5.41) is 2.76. The number of anilines is 1. The van der Waals surface area contributed by atoms with Crippen molar-refractivity contribution in [3.05, 3.63) is 59.2 Å². The molecule has 0 bridgehead atoms. The molecule has 0 saturated carbocycles. The van der Waals surface area contributed by atoms with Gasteiger partial charge in [-0.1, -0.05) is 12.1 Å². The van der Waals surface area contributed by atoms with Gasteiger partial charge in [0.2, 0.25) is 0 Å². The maximum Gasteiger partial charge on any atom is 0.337 e. The quantitative estimate of drug-likeness (QED) is 0.597. The standard InChI is InChI=1S/C24H29N3O7S/c1-33-22(28)18-13-19(23(29)34-2)15-20(14-18)25-24(30)27-10-4-9-26(11-12-27)16-17-5-7-21(8-6-17)35(3,31)32/h5-8,13-15H,4,9-12,16H2,1-3H3,(H,25,30). The molecule has 0 unspecified atom stereocenters. The lowest BCUT2D eigenvalue weighted by Gasteiger charge is -2.22. The molecule has 1 aliphatic heterocycles. The van der Waals surface area contributed by atoms with Crippen LogP contribution in [0.15, 0.2) is 47.4 Å². The first kappa shape index (κ1) is 26.2. The Labute approximate surface area is 204 Å². The predicted octanol–water partition coefficient (Wildman–Crippen LogP) is 2.40. The Hall–Kier alpha value is -3.44. The fourth-order valence-electron chi connectivity index (χ4n) is 3.81. The van der Waals surface area contributed by atoms with Crippen LogP contribution in [0.5, 0.6) is 0 Å². The van der Waals surface area contributed by atoms with E-state index in [0.717, 1.165) is 18.5 Å². The third kappa shape index (κ3) is 7.03. The summed E-state index contributed by atoms with van der Waals surface area (Å²) < 4.78 is 32.8.